The second-order valence-corrected chi connectivity index (χ2v) is 4.41. The van der Waals surface area contributed by atoms with E-state index >= 15 is 0 Å². The number of anilines is 1. The van der Waals surface area contributed by atoms with Gasteiger partial charge in [-0.1, -0.05) is 30.3 Å². The molecule has 4 nitrogen and oxygen atoms in total. The van der Waals surface area contributed by atoms with Gasteiger partial charge < -0.3 is 0 Å². The first kappa shape index (κ1) is 12.3. The number of aromatic nitrogens is 2. The number of nitrogens with zero attached hydrogens (tertiary/aromatic N) is 3. The van der Waals surface area contributed by atoms with Crippen LogP contribution < -0.4 is 5.43 Å². The Morgan fingerprint density at radius 3 is 2.70 bits per heavy atom. The number of benzene rings is 1. The van der Waals surface area contributed by atoms with Crippen molar-refractivity contribution in [3.63, 3.8) is 0 Å². The predicted molar refractivity (Wildman–Crippen MR) is 81.8 cm³/mol. The van der Waals surface area contributed by atoms with Crippen molar-refractivity contribution in [2.75, 3.05) is 5.43 Å². The zero-order valence-electron chi connectivity index (χ0n) is 11.1. The summed E-state index contributed by atoms with van der Waals surface area (Å²) in [6.45, 7) is 1.92. The molecule has 0 atom stereocenters. The second kappa shape index (κ2) is 5.48. The van der Waals surface area contributed by atoms with Gasteiger partial charge in [-0.2, -0.15) is 5.10 Å². The van der Waals surface area contributed by atoms with Crippen molar-refractivity contribution >= 4 is 22.4 Å². The van der Waals surface area contributed by atoms with Gasteiger partial charge in [-0.05, 0) is 31.2 Å². The van der Waals surface area contributed by atoms with Gasteiger partial charge in [-0.3, -0.25) is 5.43 Å². The van der Waals surface area contributed by atoms with E-state index in [0.717, 1.165) is 22.3 Å². The van der Waals surface area contributed by atoms with E-state index < -0.39 is 0 Å². The van der Waals surface area contributed by atoms with Crippen molar-refractivity contribution in [1.29, 1.82) is 0 Å². The maximum absolute atomic E-state index is 4.60. The molecule has 1 aromatic carbocycles. The molecule has 0 bridgehead atoms. The highest BCUT2D eigenvalue weighted by Crippen LogP contribution is 2.12. The number of hydrogen-bond donors (Lipinski definition) is 1. The lowest BCUT2D eigenvalue weighted by atomic mass is 10.2. The van der Waals surface area contributed by atoms with E-state index in [1.165, 1.54) is 0 Å². The first-order valence-electron chi connectivity index (χ1n) is 6.40. The molecular weight excluding hydrogens is 248 g/mol. The average molecular weight is 262 g/mol. The van der Waals surface area contributed by atoms with Crippen LogP contribution in [0.1, 0.15) is 12.6 Å². The van der Waals surface area contributed by atoms with E-state index in [-0.39, 0.29) is 0 Å². The van der Waals surface area contributed by atoms with Gasteiger partial charge in [-0.15, -0.1) is 0 Å². The summed E-state index contributed by atoms with van der Waals surface area (Å²) < 4.78 is 0. The molecule has 0 saturated heterocycles. The fourth-order valence-electron chi connectivity index (χ4n) is 1.89. The quantitative estimate of drug-likeness (QED) is 0.581. The number of rotatable bonds is 3. The van der Waals surface area contributed by atoms with Crippen LogP contribution in [0.2, 0.25) is 0 Å². The van der Waals surface area contributed by atoms with Crippen LogP contribution in [0.4, 0.5) is 5.82 Å². The summed E-state index contributed by atoms with van der Waals surface area (Å²) in [4.78, 5) is 8.75. The van der Waals surface area contributed by atoms with Gasteiger partial charge in [0.15, 0.2) is 0 Å². The van der Waals surface area contributed by atoms with Crippen molar-refractivity contribution < 1.29 is 0 Å². The molecular formula is C16H14N4. The fraction of sp³-hybridized carbons (Fsp3) is 0.0625. The van der Waals surface area contributed by atoms with Gasteiger partial charge in [0.2, 0.25) is 0 Å². The monoisotopic (exact) mass is 262 g/mol. The molecule has 4 heteroatoms. The van der Waals surface area contributed by atoms with Crippen LogP contribution in [0, 0.1) is 0 Å². The fourth-order valence-corrected chi connectivity index (χ4v) is 1.89. The Morgan fingerprint density at radius 1 is 1.00 bits per heavy atom. The number of fused-ring (bicyclic) bond motifs is 1. The molecule has 3 rings (SSSR count). The molecule has 0 unspecified atom stereocenters. The van der Waals surface area contributed by atoms with Crippen molar-refractivity contribution in [2.45, 2.75) is 6.92 Å². The lowest BCUT2D eigenvalue weighted by Gasteiger charge is -2.03. The zero-order chi connectivity index (χ0) is 13.8. The third kappa shape index (κ3) is 2.64. The highest BCUT2D eigenvalue weighted by atomic mass is 15.3. The Bertz CT molecular complexity index is 751. The first-order chi connectivity index (χ1) is 9.83. The van der Waals surface area contributed by atoms with Crippen molar-refractivity contribution in [1.82, 2.24) is 9.97 Å². The third-order valence-corrected chi connectivity index (χ3v) is 2.97. The molecule has 2 aromatic heterocycles. The van der Waals surface area contributed by atoms with Crippen molar-refractivity contribution in [3.8, 4) is 0 Å². The average Bonchev–Trinajstić information content (AvgIpc) is 2.53. The SMILES string of the molecule is C/C(=N\Nc1ccccn1)c1ccc2ccccc2n1. The number of para-hydroxylation sites is 1. The topological polar surface area (TPSA) is 50.2 Å². The van der Waals surface area contributed by atoms with E-state index in [0.29, 0.717) is 5.82 Å². The second-order valence-electron chi connectivity index (χ2n) is 4.41. The van der Waals surface area contributed by atoms with Crippen molar-refractivity contribution in [3.05, 3.63) is 66.5 Å². The van der Waals surface area contributed by atoms with Crippen LogP contribution in [-0.2, 0) is 0 Å². The van der Waals surface area contributed by atoms with Crippen LogP contribution in [0.3, 0.4) is 0 Å². The van der Waals surface area contributed by atoms with Crippen LogP contribution >= 0.6 is 0 Å². The molecule has 0 spiro atoms. The number of pyridine rings is 2. The predicted octanol–water partition coefficient (Wildman–Crippen LogP) is 3.47. The third-order valence-electron chi connectivity index (χ3n) is 2.97. The molecule has 1 N–H and O–H groups in total. The maximum atomic E-state index is 4.60. The normalized spacial score (nSPS) is 11.6. The van der Waals surface area contributed by atoms with E-state index in [9.17, 15) is 0 Å². The largest absolute Gasteiger partial charge is 0.261 e. The smallest absolute Gasteiger partial charge is 0.146 e. The van der Waals surface area contributed by atoms with Crippen LogP contribution in [-0.4, -0.2) is 15.7 Å². The van der Waals surface area contributed by atoms with Gasteiger partial charge in [0.1, 0.15) is 5.82 Å². The Labute approximate surface area is 117 Å². The molecule has 0 amide bonds. The first-order valence-corrected chi connectivity index (χ1v) is 6.40. The summed E-state index contributed by atoms with van der Waals surface area (Å²) in [5, 5.41) is 5.44. The minimum atomic E-state index is 0.715. The number of hydrogen-bond acceptors (Lipinski definition) is 4. The van der Waals surface area contributed by atoms with E-state index in [1.807, 2.05) is 55.5 Å². The molecule has 0 radical (unpaired) electrons. The van der Waals surface area contributed by atoms with Gasteiger partial charge in [-0.25, -0.2) is 9.97 Å². The summed E-state index contributed by atoms with van der Waals surface area (Å²) in [7, 11) is 0. The summed E-state index contributed by atoms with van der Waals surface area (Å²) in [6.07, 6.45) is 1.72. The number of nitrogens with one attached hydrogen (secondary N) is 1. The van der Waals surface area contributed by atoms with Gasteiger partial charge in [0, 0.05) is 11.6 Å². The lowest BCUT2D eigenvalue weighted by molar-refractivity contribution is 1.21. The van der Waals surface area contributed by atoms with E-state index in [4.69, 9.17) is 0 Å². The molecule has 3 aromatic rings. The van der Waals surface area contributed by atoms with Gasteiger partial charge >= 0.3 is 0 Å². The molecule has 0 aliphatic carbocycles. The summed E-state index contributed by atoms with van der Waals surface area (Å²) in [6, 6.07) is 17.7. The van der Waals surface area contributed by atoms with Gasteiger partial charge in [0.05, 0.1) is 16.9 Å². The zero-order valence-corrected chi connectivity index (χ0v) is 11.1. The minimum Gasteiger partial charge on any atom is -0.261 e. The van der Waals surface area contributed by atoms with E-state index in [2.05, 4.69) is 26.6 Å². The standard InChI is InChI=1S/C16H14N4/c1-12(19-20-16-8-4-5-11-17-16)14-10-9-13-6-2-3-7-15(13)18-14/h2-11H,1H3,(H,17,20)/b19-12+. The van der Waals surface area contributed by atoms with E-state index in [1.54, 1.807) is 6.20 Å². The summed E-state index contributed by atoms with van der Waals surface area (Å²) in [5.74, 6) is 0.715. The summed E-state index contributed by atoms with van der Waals surface area (Å²) >= 11 is 0. The summed E-state index contributed by atoms with van der Waals surface area (Å²) in [5.41, 5.74) is 5.57. The highest BCUT2D eigenvalue weighted by molar-refractivity contribution is 5.99. The van der Waals surface area contributed by atoms with Crippen molar-refractivity contribution in [2.24, 2.45) is 5.10 Å². The number of hydrazone groups is 1. The molecule has 98 valence electrons. The Kier molecular flexibility index (Phi) is 3.37. The van der Waals surface area contributed by atoms with Crippen LogP contribution in [0.5, 0.6) is 0 Å². The minimum absolute atomic E-state index is 0.715. The van der Waals surface area contributed by atoms with Gasteiger partial charge in [0.25, 0.3) is 0 Å². The van der Waals surface area contributed by atoms with Crippen LogP contribution in [0.15, 0.2) is 65.9 Å². The Morgan fingerprint density at radius 2 is 1.85 bits per heavy atom. The van der Waals surface area contributed by atoms with Crippen LogP contribution in [0.25, 0.3) is 10.9 Å². The molecule has 0 aliphatic rings. The highest BCUT2D eigenvalue weighted by Gasteiger charge is 2.01. The Balaban J connectivity index is 1.86. The molecule has 2 heterocycles. The maximum Gasteiger partial charge on any atom is 0.146 e. The molecule has 20 heavy (non-hydrogen) atoms. The Hall–Kier alpha value is -2.75. The lowest BCUT2D eigenvalue weighted by Crippen LogP contribution is -2.03. The molecule has 0 aliphatic heterocycles. The molecule has 0 saturated carbocycles. The molecule has 0 fully saturated rings.